The van der Waals surface area contributed by atoms with Crippen LogP contribution in [0.1, 0.15) is 25.7 Å². The Morgan fingerprint density at radius 3 is 1.62 bits per heavy atom. The van der Waals surface area contributed by atoms with Gasteiger partial charge < -0.3 is 10.6 Å². The zero-order valence-corrected chi connectivity index (χ0v) is 16.4. The van der Waals surface area contributed by atoms with Crippen molar-refractivity contribution < 1.29 is 9.59 Å². The summed E-state index contributed by atoms with van der Waals surface area (Å²) in [4.78, 5) is 25.1. The number of amides is 4. The SMILES string of the molecule is O=C1NC2(CCC3(CC2)NC(=O)N(c2ccc(Cl)cc2)N3)NN1c1ccccc1. The highest BCUT2D eigenvalue weighted by molar-refractivity contribution is 6.30. The van der Waals surface area contributed by atoms with Gasteiger partial charge in [-0.15, -0.1) is 0 Å². The second-order valence-corrected chi connectivity index (χ2v) is 8.17. The lowest BCUT2D eigenvalue weighted by molar-refractivity contribution is 0.135. The Kier molecular flexibility index (Phi) is 4.16. The van der Waals surface area contributed by atoms with E-state index in [0.29, 0.717) is 30.7 Å². The number of carbonyl (C=O) groups excluding carboxylic acids is 2. The van der Waals surface area contributed by atoms with Crippen molar-refractivity contribution in [2.75, 3.05) is 10.0 Å². The van der Waals surface area contributed by atoms with Crippen molar-refractivity contribution >= 4 is 35.0 Å². The van der Waals surface area contributed by atoms with Crippen LogP contribution in [0.3, 0.4) is 0 Å². The summed E-state index contributed by atoms with van der Waals surface area (Å²) in [5, 5.41) is 9.87. The number of para-hydroxylation sites is 1. The number of carbonyl (C=O) groups is 2. The van der Waals surface area contributed by atoms with Crippen LogP contribution in [0.4, 0.5) is 21.0 Å². The molecule has 2 aliphatic heterocycles. The highest BCUT2D eigenvalue weighted by Crippen LogP contribution is 2.37. The number of urea groups is 2. The van der Waals surface area contributed by atoms with E-state index in [2.05, 4.69) is 21.5 Å². The number of anilines is 2. The Hall–Kier alpha value is -2.81. The highest BCUT2D eigenvalue weighted by Gasteiger charge is 2.52. The number of hydrazine groups is 2. The third-order valence-corrected chi connectivity index (χ3v) is 6.06. The van der Waals surface area contributed by atoms with Gasteiger partial charge in [0.1, 0.15) is 11.3 Å². The minimum absolute atomic E-state index is 0.168. The minimum atomic E-state index is -0.533. The first-order valence-corrected chi connectivity index (χ1v) is 9.96. The number of nitrogens with one attached hydrogen (secondary N) is 4. The predicted octanol–water partition coefficient (Wildman–Crippen LogP) is 3.08. The van der Waals surface area contributed by atoms with Gasteiger partial charge in [-0.25, -0.2) is 30.5 Å². The molecule has 8 nitrogen and oxygen atoms in total. The van der Waals surface area contributed by atoms with Crippen LogP contribution in [0.2, 0.25) is 5.02 Å². The second-order valence-electron chi connectivity index (χ2n) is 7.73. The maximum atomic E-state index is 12.6. The van der Waals surface area contributed by atoms with Gasteiger partial charge >= 0.3 is 12.1 Å². The van der Waals surface area contributed by atoms with E-state index in [4.69, 9.17) is 11.6 Å². The summed E-state index contributed by atoms with van der Waals surface area (Å²) in [6.07, 6.45) is 2.67. The number of benzene rings is 2. The van der Waals surface area contributed by atoms with E-state index in [9.17, 15) is 9.59 Å². The molecule has 2 spiro atoms. The van der Waals surface area contributed by atoms with Crippen LogP contribution < -0.4 is 31.5 Å². The van der Waals surface area contributed by atoms with E-state index in [1.165, 1.54) is 5.01 Å². The smallest absolute Gasteiger partial charge is 0.317 e. The first-order valence-electron chi connectivity index (χ1n) is 9.59. The Morgan fingerprint density at radius 1 is 0.690 bits per heavy atom. The summed E-state index contributed by atoms with van der Waals surface area (Å²) in [5.74, 6) is 0. The Balaban J connectivity index is 1.29. The largest absolute Gasteiger partial charge is 0.338 e. The Morgan fingerprint density at radius 2 is 1.14 bits per heavy atom. The first kappa shape index (κ1) is 18.2. The van der Waals surface area contributed by atoms with E-state index < -0.39 is 11.3 Å². The molecule has 29 heavy (non-hydrogen) atoms. The highest BCUT2D eigenvalue weighted by atomic mass is 35.5. The molecular formula is C20H21ClN6O2. The van der Waals surface area contributed by atoms with Crippen molar-refractivity contribution in [1.29, 1.82) is 0 Å². The normalized spacial score (nSPS) is 28.9. The lowest BCUT2D eigenvalue weighted by Gasteiger charge is -2.42. The zero-order chi connectivity index (χ0) is 20.1. The van der Waals surface area contributed by atoms with Crippen LogP contribution in [0.25, 0.3) is 0 Å². The molecule has 9 heteroatoms. The van der Waals surface area contributed by atoms with E-state index in [1.807, 2.05) is 30.3 Å². The van der Waals surface area contributed by atoms with Crippen LogP contribution in [-0.4, -0.2) is 23.4 Å². The summed E-state index contributed by atoms with van der Waals surface area (Å²) in [6.45, 7) is 0. The van der Waals surface area contributed by atoms with Crippen molar-refractivity contribution in [3.63, 3.8) is 0 Å². The lowest BCUT2D eigenvalue weighted by Crippen LogP contribution is -2.62. The molecule has 0 radical (unpaired) electrons. The molecule has 4 amide bonds. The van der Waals surface area contributed by atoms with E-state index in [0.717, 1.165) is 11.4 Å². The van der Waals surface area contributed by atoms with Crippen molar-refractivity contribution in [2.45, 2.75) is 37.0 Å². The molecule has 1 aliphatic carbocycles. The number of hydrogen-bond acceptors (Lipinski definition) is 4. The third kappa shape index (κ3) is 3.19. The average molecular weight is 413 g/mol. The molecule has 0 aromatic heterocycles. The van der Waals surface area contributed by atoms with Crippen molar-refractivity contribution in [3.8, 4) is 0 Å². The number of halogens is 1. The second kappa shape index (κ2) is 6.62. The molecule has 0 atom stereocenters. The number of hydrogen-bond donors (Lipinski definition) is 4. The molecule has 0 unspecified atom stereocenters. The van der Waals surface area contributed by atoms with Gasteiger partial charge in [0.05, 0.1) is 11.4 Å². The van der Waals surface area contributed by atoms with Crippen molar-refractivity contribution in [3.05, 3.63) is 59.6 Å². The quantitative estimate of drug-likeness (QED) is 0.610. The monoisotopic (exact) mass is 412 g/mol. The van der Waals surface area contributed by atoms with Crippen LogP contribution in [0.5, 0.6) is 0 Å². The zero-order valence-electron chi connectivity index (χ0n) is 15.6. The molecule has 0 bridgehead atoms. The third-order valence-electron chi connectivity index (χ3n) is 5.81. The van der Waals surface area contributed by atoms with Crippen LogP contribution in [-0.2, 0) is 0 Å². The molecule has 2 saturated heterocycles. The number of rotatable bonds is 2. The van der Waals surface area contributed by atoms with Gasteiger partial charge in [0.15, 0.2) is 0 Å². The van der Waals surface area contributed by atoms with Crippen molar-refractivity contribution in [2.24, 2.45) is 0 Å². The van der Waals surface area contributed by atoms with Gasteiger partial charge in [-0.1, -0.05) is 29.8 Å². The molecule has 4 N–H and O–H groups in total. The van der Waals surface area contributed by atoms with Crippen molar-refractivity contribution in [1.82, 2.24) is 21.5 Å². The fourth-order valence-corrected chi connectivity index (χ4v) is 4.34. The Bertz CT molecular complexity index is 943. The fraction of sp³-hybridized carbons (Fsp3) is 0.300. The molecule has 3 fully saturated rings. The van der Waals surface area contributed by atoms with Gasteiger partial charge in [0.25, 0.3) is 0 Å². The summed E-state index contributed by atoms with van der Waals surface area (Å²) < 4.78 is 0. The summed E-state index contributed by atoms with van der Waals surface area (Å²) in [7, 11) is 0. The Labute approximate surface area is 173 Å². The first-order chi connectivity index (χ1) is 14.0. The summed E-state index contributed by atoms with van der Waals surface area (Å²) in [5.41, 5.74) is 7.15. The van der Waals surface area contributed by atoms with Gasteiger partial charge in [-0.3, -0.25) is 0 Å². The molecule has 2 aromatic carbocycles. The standard InChI is InChI=1S/C20H21ClN6O2/c21-14-6-8-16(9-7-14)27-18(29)23-20(25-27)12-10-19(11-13-20)22-17(28)26(24-19)15-4-2-1-3-5-15/h1-9,24-25H,10-13H2,(H,22,28)(H,23,29). The van der Waals surface area contributed by atoms with Gasteiger partial charge in [-0.05, 0) is 62.1 Å². The number of nitrogens with zero attached hydrogens (tertiary/aromatic N) is 2. The molecule has 1 saturated carbocycles. The maximum absolute atomic E-state index is 12.6. The van der Waals surface area contributed by atoms with E-state index >= 15 is 0 Å². The van der Waals surface area contributed by atoms with E-state index in [1.54, 1.807) is 29.3 Å². The molecule has 3 aliphatic rings. The molecular weight excluding hydrogens is 392 g/mol. The van der Waals surface area contributed by atoms with Crippen LogP contribution >= 0.6 is 11.6 Å². The van der Waals surface area contributed by atoms with Gasteiger partial charge in [0, 0.05) is 5.02 Å². The average Bonchev–Trinajstić information content (AvgIpc) is 3.23. The van der Waals surface area contributed by atoms with Gasteiger partial charge in [0.2, 0.25) is 0 Å². The molecule has 150 valence electrons. The lowest BCUT2D eigenvalue weighted by atomic mass is 9.82. The molecule has 5 rings (SSSR count). The maximum Gasteiger partial charge on any atom is 0.338 e. The molecule has 2 heterocycles. The van der Waals surface area contributed by atoms with E-state index in [-0.39, 0.29) is 12.1 Å². The molecule has 2 aromatic rings. The topological polar surface area (TPSA) is 88.7 Å². The van der Waals surface area contributed by atoms with Crippen LogP contribution in [0, 0.1) is 0 Å². The van der Waals surface area contributed by atoms with Crippen LogP contribution in [0.15, 0.2) is 54.6 Å². The van der Waals surface area contributed by atoms with Gasteiger partial charge in [-0.2, -0.15) is 0 Å². The fourth-order valence-electron chi connectivity index (χ4n) is 4.21. The summed E-state index contributed by atoms with van der Waals surface area (Å²) in [6, 6.07) is 16.2. The predicted molar refractivity (Wildman–Crippen MR) is 110 cm³/mol. The minimum Gasteiger partial charge on any atom is -0.317 e. The summed E-state index contributed by atoms with van der Waals surface area (Å²) >= 11 is 5.95.